The van der Waals surface area contributed by atoms with Crippen molar-refractivity contribution < 1.29 is 0 Å². The first kappa shape index (κ1) is 14.2. The summed E-state index contributed by atoms with van der Waals surface area (Å²) in [7, 11) is 1.92. The van der Waals surface area contributed by atoms with Gasteiger partial charge in [-0.25, -0.2) is 4.99 Å². The topological polar surface area (TPSA) is 54.2 Å². The standard InChI is InChI=1S/C13H23N5S/c1-3-14-13(16-9-12-5-4-6-19-12)15-7-11-8-17-18(2)10-11/h8,10,12H,3-7,9H2,1-2H3,(H2,14,15,16). The van der Waals surface area contributed by atoms with Crippen LogP contribution < -0.4 is 10.6 Å². The van der Waals surface area contributed by atoms with Gasteiger partial charge in [-0.05, 0) is 25.5 Å². The van der Waals surface area contributed by atoms with Crippen molar-refractivity contribution in [1.29, 1.82) is 0 Å². The van der Waals surface area contributed by atoms with Gasteiger partial charge in [0.25, 0.3) is 0 Å². The van der Waals surface area contributed by atoms with Crippen LogP contribution in [0.5, 0.6) is 0 Å². The number of aromatic nitrogens is 2. The summed E-state index contributed by atoms with van der Waals surface area (Å²) in [5, 5.41) is 11.6. The number of hydrogen-bond donors (Lipinski definition) is 2. The average molecular weight is 281 g/mol. The van der Waals surface area contributed by atoms with Crippen LogP contribution in [-0.2, 0) is 13.6 Å². The van der Waals surface area contributed by atoms with Gasteiger partial charge < -0.3 is 10.6 Å². The average Bonchev–Trinajstić information content (AvgIpc) is 3.04. The number of nitrogens with one attached hydrogen (secondary N) is 2. The molecule has 1 aliphatic heterocycles. The molecule has 106 valence electrons. The van der Waals surface area contributed by atoms with Gasteiger partial charge in [-0.3, -0.25) is 4.68 Å². The molecule has 2 rings (SSSR count). The Morgan fingerprint density at radius 3 is 3.11 bits per heavy atom. The van der Waals surface area contributed by atoms with Crippen molar-refractivity contribution in [3.63, 3.8) is 0 Å². The van der Waals surface area contributed by atoms with Crippen molar-refractivity contribution in [2.24, 2.45) is 12.0 Å². The number of aryl methyl sites for hydroxylation is 1. The first-order chi connectivity index (χ1) is 9.28. The molecule has 6 heteroatoms. The summed E-state index contributed by atoms with van der Waals surface area (Å²) < 4.78 is 1.81. The lowest BCUT2D eigenvalue weighted by molar-refractivity contribution is 0.727. The highest BCUT2D eigenvalue weighted by atomic mass is 32.2. The second-order valence-electron chi connectivity index (χ2n) is 4.73. The molecule has 19 heavy (non-hydrogen) atoms. The molecule has 1 atom stereocenters. The van der Waals surface area contributed by atoms with Gasteiger partial charge in [-0.15, -0.1) is 0 Å². The molecule has 0 amide bonds. The van der Waals surface area contributed by atoms with Crippen LogP contribution in [0, 0.1) is 0 Å². The van der Waals surface area contributed by atoms with E-state index in [1.807, 2.05) is 19.4 Å². The first-order valence-corrected chi connectivity index (χ1v) is 7.94. The molecule has 0 aliphatic carbocycles. The first-order valence-electron chi connectivity index (χ1n) is 6.89. The Bertz CT molecular complexity index is 409. The predicted molar refractivity (Wildman–Crippen MR) is 81.5 cm³/mol. The van der Waals surface area contributed by atoms with E-state index in [1.54, 1.807) is 4.68 Å². The maximum Gasteiger partial charge on any atom is 0.191 e. The Kier molecular flexibility index (Phi) is 5.57. The minimum absolute atomic E-state index is 0.668. The summed E-state index contributed by atoms with van der Waals surface area (Å²) in [4.78, 5) is 4.59. The molecular formula is C13H23N5S. The van der Waals surface area contributed by atoms with Crippen LogP contribution in [0.25, 0.3) is 0 Å². The van der Waals surface area contributed by atoms with E-state index < -0.39 is 0 Å². The van der Waals surface area contributed by atoms with Crippen LogP contribution in [0.1, 0.15) is 25.3 Å². The van der Waals surface area contributed by atoms with Crippen molar-refractivity contribution >= 4 is 17.7 Å². The maximum atomic E-state index is 4.59. The van der Waals surface area contributed by atoms with E-state index in [2.05, 4.69) is 39.4 Å². The Morgan fingerprint density at radius 2 is 2.47 bits per heavy atom. The lowest BCUT2D eigenvalue weighted by Crippen LogP contribution is -2.40. The van der Waals surface area contributed by atoms with E-state index in [-0.39, 0.29) is 0 Å². The number of rotatable bonds is 5. The lowest BCUT2D eigenvalue weighted by Gasteiger charge is -2.14. The summed E-state index contributed by atoms with van der Waals surface area (Å²) >= 11 is 2.06. The second kappa shape index (κ2) is 7.43. The summed E-state index contributed by atoms with van der Waals surface area (Å²) in [6.07, 6.45) is 6.53. The normalized spacial score (nSPS) is 19.7. The molecule has 1 fully saturated rings. The van der Waals surface area contributed by atoms with E-state index in [4.69, 9.17) is 0 Å². The van der Waals surface area contributed by atoms with Gasteiger partial charge in [0, 0.05) is 37.1 Å². The fourth-order valence-corrected chi connectivity index (χ4v) is 3.28. The SMILES string of the molecule is CCNC(=NCc1cnn(C)c1)NCC1CCCS1. The maximum absolute atomic E-state index is 4.59. The Hall–Kier alpha value is -1.17. The molecule has 2 N–H and O–H groups in total. The lowest BCUT2D eigenvalue weighted by atomic mass is 10.2. The van der Waals surface area contributed by atoms with E-state index >= 15 is 0 Å². The second-order valence-corrected chi connectivity index (χ2v) is 6.14. The largest absolute Gasteiger partial charge is 0.357 e. The van der Waals surface area contributed by atoms with Crippen molar-refractivity contribution in [3.05, 3.63) is 18.0 Å². The number of hydrogen-bond acceptors (Lipinski definition) is 3. The highest BCUT2D eigenvalue weighted by Crippen LogP contribution is 2.25. The number of guanidine groups is 1. The molecule has 1 saturated heterocycles. The van der Waals surface area contributed by atoms with Crippen molar-refractivity contribution in [2.45, 2.75) is 31.6 Å². The van der Waals surface area contributed by atoms with E-state index in [0.717, 1.165) is 29.9 Å². The van der Waals surface area contributed by atoms with Crippen LogP contribution in [0.3, 0.4) is 0 Å². The van der Waals surface area contributed by atoms with Gasteiger partial charge in [0.15, 0.2) is 5.96 Å². The predicted octanol–water partition coefficient (Wildman–Crippen LogP) is 1.37. The van der Waals surface area contributed by atoms with Crippen LogP contribution in [0.4, 0.5) is 0 Å². The summed E-state index contributed by atoms with van der Waals surface area (Å²) in [6.45, 7) is 4.65. The Labute approximate surface area is 119 Å². The zero-order chi connectivity index (χ0) is 13.5. The fraction of sp³-hybridized carbons (Fsp3) is 0.692. The van der Waals surface area contributed by atoms with Crippen molar-refractivity contribution in [1.82, 2.24) is 20.4 Å². The molecule has 1 aliphatic rings. The summed E-state index contributed by atoms with van der Waals surface area (Å²) in [5.74, 6) is 2.20. The van der Waals surface area contributed by atoms with Gasteiger partial charge in [-0.2, -0.15) is 16.9 Å². The van der Waals surface area contributed by atoms with E-state index in [1.165, 1.54) is 18.6 Å². The third-order valence-electron chi connectivity index (χ3n) is 3.04. The Morgan fingerprint density at radius 1 is 1.58 bits per heavy atom. The van der Waals surface area contributed by atoms with Gasteiger partial charge in [0.05, 0.1) is 12.7 Å². The number of nitrogens with zero attached hydrogens (tertiary/aromatic N) is 3. The molecule has 1 aromatic rings. The van der Waals surface area contributed by atoms with Crippen LogP contribution in [0.2, 0.25) is 0 Å². The van der Waals surface area contributed by atoms with Gasteiger partial charge >= 0.3 is 0 Å². The molecule has 0 aromatic carbocycles. The van der Waals surface area contributed by atoms with Crippen LogP contribution in [0.15, 0.2) is 17.4 Å². The molecular weight excluding hydrogens is 258 g/mol. The van der Waals surface area contributed by atoms with Gasteiger partial charge in [-0.1, -0.05) is 0 Å². The van der Waals surface area contributed by atoms with Gasteiger partial charge in [0.2, 0.25) is 0 Å². The smallest absolute Gasteiger partial charge is 0.191 e. The highest BCUT2D eigenvalue weighted by Gasteiger charge is 2.15. The molecule has 0 saturated carbocycles. The third kappa shape index (κ3) is 4.78. The quantitative estimate of drug-likeness (QED) is 0.632. The molecule has 1 aromatic heterocycles. The third-order valence-corrected chi connectivity index (χ3v) is 4.44. The molecule has 0 radical (unpaired) electrons. The zero-order valence-corrected chi connectivity index (χ0v) is 12.5. The van der Waals surface area contributed by atoms with Crippen LogP contribution in [-0.4, -0.2) is 39.8 Å². The van der Waals surface area contributed by atoms with Crippen molar-refractivity contribution in [2.75, 3.05) is 18.8 Å². The zero-order valence-electron chi connectivity index (χ0n) is 11.7. The summed E-state index contributed by atoms with van der Waals surface area (Å²) in [5.41, 5.74) is 1.13. The molecule has 5 nitrogen and oxygen atoms in total. The molecule has 0 bridgehead atoms. The fourth-order valence-electron chi connectivity index (χ4n) is 2.08. The Balaban J connectivity index is 1.83. The minimum atomic E-state index is 0.668. The van der Waals surface area contributed by atoms with E-state index in [9.17, 15) is 0 Å². The minimum Gasteiger partial charge on any atom is -0.357 e. The van der Waals surface area contributed by atoms with Crippen LogP contribution >= 0.6 is 11.8 Å². The van der Waals surface area contributed by atoms with Gasteiger partial charge in [0.1, 0.15) is 0 Å². The molecule has 0 spiro atoms. The van der Waals surface area contributed by atoms with Crippen molar-refractivity contribution in [3.8, 4) is 0 Å². The molecule has 1 unspecified atom stereocenters. The highest BCUT2D eigenvalue weighted by molar-refractivity contribution is 8.00. The monoisotopic (exact) mass is 281 g/mol. The summed E-state index contributed by atoms with van der Waals surface area (Å²) in [6, 6.07) is 0. The number of aliphatic imine (C=N–C) groups is 1. The number of thioether (sulfide) groups is 1. The molecule has 2 heterocycles. The van der Waals surface area contributed by atoms with E-state index in [0.29, 0.717) is 6.54 Å².